The monoisotopic (exact) mass is 342 g/mol. The fourth-order valence-electron chi connectivity index (χ4n) is 1.94. The summed E-state index contributed by atoms with van der Waals surface area (Å²) in [6, 6.07) is 0. The molecule has 0 aliphatic heterocycles. The van der Waals surface area contributed by atoms with Gasteiger partial charge in [-0.15, -0.1) is 7.92 Å². The SMILES string of the molecule is CCCCP(CCCC)C(C)CCC.COS(=O)(=O)OC. The highest BCUT2D eigenvalue weighted by Crippen LogP contribution is 2.44. The second-order valence-corrected chi connectivity index (χ2v) is 9.56. The molecule has 21 heavy (non-hydrogen) atoms. The number of hydrogen-bond donors (Lipinski definition) is 0. The van der Waals surface area contributed by atoms with E-state index in [0.29, 0.717) is 7.92 Å². The van der Waals surface area contributed by atoms with Gasteiger partial charge in [-0.3, -0.25) is 8.37 Å². The zero-order chi connectivity index (χ0) is 16.7. The highest BCUT2D eigenvalue weighted by atomic mass is 32.3. The molecule has 4 nitrogen and oxygen atoms in total. The van der Waals surface area contributed by atoms with Crippen molar-refractivity contribution in [1.29, 1.82) is 0 Å². The molecule has 0 rings (SSSR count). The van der Waals surface area contributed by atoms with E-state index in [1.165, 1.54) is 50.8 Å². The van der Waals surface area contributed by atoms with Crippen LogP contribution in [0.4, 0.5) is 0 Å². The van der Waals surface area contributed by atoms with Crippen molar-refractivity contribution in [2.45, 2.75) is 71.9 Å². The van der Waals surface area contributed by atoms with E-state index < -0.39 is 10.4 Å². The summed E-state index contributed by atoms with van der Waals surface area (Å²) >= 11 is 0. The molecule has 0 amide bonds. The summed E-state index contributed by atoms with van der Waals surface area (Å²) in [5.41, 5.74) is 1.02. The number of unbranched alkanes of at least 4 members (excludes halogenated alkanes) is 2. The molecule has 0 aliphatic rings. The molecule has 0 N–H and O–H groups in total. The summed E-state index contributed by atoms with van der Waals surface area (Å²) in [4.78, 5) is 0. The zero-order valence-corrected chi connectivity index (χ0v) is 16.4. The van der Waals surface area contributed by atoms with Crippen LogP contribution in [0.15, 0.2) is 0 Å². The quantitative estimate of drug-likeness (QED) is 0.507. The Hall–Kier alpha value is 0.300. The minimum absolute atomic E-state index is 0.360. The minimum Gasteiger partial charge on any atom is -0.252 e. The van der Waals surface area contributed by atoms with Crippen LogP contribution in [0.25, 0.3) is 0 Å². The summed E-state index contributed by atoms with van der Waals surface area (Å²) in [5, 5.41) is 0. The predicted molar refractivity (Wildman–Crippen MR) is 93.8 cm³/mol. The molecule has 6 heteroatoms. The molecule has 0 aliphatic carbocycles. The Kier molecular flexibility index (Phi) is 17.1. The van der Waals surface area contributed by atoms with Crippen LogP contribution >= 0.6 is 7.92 Å². The molecule has 0 fully saturated rings. The third kappa shape index (κ3) is 15.0. The van der Waals surface area contributed by atoms with Crippen LogP contribution in [-0.2, 0) is 18.8 Å². The van der Waals surface area contributed by atoms with Crippen LogP contribution in [0.3, 0.4) is 0 Å². The van der Waals surface area contributed by atoms with Crippen molar-refractivity contribution in [3.63, 3.8) is 0 Å². The highest BCUT2D eigenvalue weighted by Gasteiger charge is 2.14. The largest absolute Gasteiger partial charge is 0.399 e. The van der Waals surface area contributed by atoms with Crippen molar-refractivity contribution in [1.82, 2.24) is 0 Å². The fourth-order valence-corrected chi connectivity index (χ4v) is 5.25. The van der Waals surface area contributed by atoms with Crippen molar-refractivity contribution < 1.29 is 16.8 Å². The van der Waals surface area contributed by atoms with E-state index >= 15 is 0 Å². The van der Waals surface area contributed by atoms with Crippen molar-refractivity contribution >= 4 is 18.3 Å². The molecule has 0 radical (unpaired) electrons. The lowest BCUT2D eigenvalue weighted by atomic mass is 10.3. The van der Waals surface area contributed by atoms with Crippen molar-refractivity contribution in [3.8, 4) is 0 Å². The van der Waals surface area contributed by atoms with Crippen molar-refractivity contribution in [2.75, 3.05) is 26.5 Å². The first-order valence-electron chi connectivity index (χ1n) is 7.98. The van der Waals surface area contributed by atoms with Gasteiger partial charge in [0.2, 0.25) is 0 Å². The Morgan fingerprint density at radius 2 is 1.33 bits per heavy atom. The Bertz CT molecular complexity index is 289. The van der Waals surface area contributed by atoms with Gasteiger partial charge in [-0.1, -0.05) is 47.0 Å². The molecule has 0 saturated carbocycles. The molecule has 130 valence electrons. The highest BCUT2D eigenvalue weighted by molar-refractivity contribution is 7.81. The lowest BCUT2D eigenvalue weighted by Gasteiger charge is -2.24. The lowest BCUT2D eigenvalue weighted by Crippen LogP contribution is -2.05. The lowest BCUT2D eigenvalue weighted by molar-refractivity contribution is 0.286. The van der Waals surface area contributed by atoms with E-state index in [0.717, 1.165) is 19.9 Å². The van der Waals surface area contributed by atoms with Gasteiger partial charge < -0.3 is 0 Å². The van der Waals surface area contributed by atoms with Gasteiger partial charge in [0.25, 0.3) is 0 Å². The third-order valence-corrected chi connectivity index (χ3v) is 7.44. The smallest absolute Gasteiger partial charge is 0.252 e. The van der Waals surface area contributed by atoms with E-state index in [2.05, 4.69) is 36.1 Å². The Balaban J connectivity index is 0. The average molecular weight is 342 g/mol. The number of hydrogen-bond acceptors (Lipinski definition) is 4. The first-order valence-corrected chi connectivity index (χ1v) is 11.1. The topological polar surface area (TPSA) is 52.6 Å². The zero-order valence-electron chi connectivity index (χ0n) is 14.7. The first-order chi connectivity index (χ1) is 9.88. The predicted octanol–water partition coefficient (Wildman–Crippen LogP) is 4.78. The normalized spacial score (nSPS) is 12.9. The van der Waals surface area contributed by atoms with Crippen molar-refractivity contribution in [2.24, 2.45) is 0 Å². The van der Waals surface area contributed by atoms with Crippen molar-refractivity contribution in [3.05, 3.63) is 0 Å². The molecule has 0 aromatic carbocycles. The van der Waals surface area contributed by atoms with Crippen LogP contribution in [-0.4, -0.2) is 40.6 Å². The molecule has 0 spiro atoms. The molecule has 1 unspecified atom stereocenters. The van der Waals surface area contributed by atoms with Crippen LogP contribution in [0.1, 0.15) is 66.2 Å². The molecular formula is C15H35O4PS. The van der Waals surface area contributed by atoms with E-state index in [1.54, 1.807) is 0 Å². The summed E-state index contributed by atoms with van der Waals surface area (Å²) in [5.74, 6) is 0. The van der Waals surface area contributed by atoms with Gasteiger partial charge in [-0.2, -0.15) is 8.42 Å². The average Bonchev–Trinajstić information content (AvgIpc) is 2.48. The maximum absolute atomic E-state index is 9.92. The maximum atomic E-state index is 9.92. The van der Waals surface area contributed by atoms with Gasteiger partial charge in [-0.05, 0) is 37.2 Å². The Morgan fingerprint density at radius 1 is 0.905 bits per heavy atom. The third-order valence-electron chi connectivity index (χ3n) is 3.34. The van der Waals surface area contributed by atoms with E-state index in [1.807, 2.05) is 0 Å². The van der Waals surface area contributed by atoms with Crippen LogP contribution < -0.4 is 0 Å². The minimum atomic E-state index is -3.66. The van der Waals surface area contributed by atoms with E-state index in [9.17, 15) is 8.42 Å². The van der Waals surface area contributed by atoms with E-state index in [-0.39, 0.29) is 0 Å². The van der Waals surface area contributed by atoms with Gasteiger partial charge >= 0.3 is 10.4 Å². The van der Waals surface area contributed by atoms with Crippen LogP contribution in [0, 0.1) is 0 Å². The van der Waals surface area contributed by atoms with Crippen LogP contribution in [0.5, 0.6) is 0 Å². The second kappa shape index (κ2) is 15.2. The maximum Gasteiger partial charge on any atom is 0.399 e. The summed E-state index contributed by atoms with van der Waals surface area (Å²) in [6.07, 6.45) is 11.6. The molecule has 0 aromatic rings. The summed E-state index contributed by atoms with van der Waals surface area (Å²) < 4.78 is 27.5. The van der Waals surface area contributed by atoms with Gasteiger partial charge in [0.1, 0.15) is 0 Å². The molecule has 0 bridgehead atoms. The first kappa shape index (κ1) is 23.6. The summed E-state index contributed by atoms with van der Waals surface area (Å²) in [6.45, 7) is 9.44. The van der Waals surface area contributed by atoms with Crippen LogP contribution in [0.2, 0.25) is 0 Å². The fraction of sp³-hybridized carbons (Fsp3) is 1.00. The summed E-state index contributed by atoms with van der Waals surface area (Å²) in [7, 11) is -1.24. The molecule has 1 atom stereocenters. The van der Waals surface area contributed by atoms with Gasteiger partial charge in [0.05, 0.1) is 14.2 Å². The standard InChI is InChI=1S/C13H29P.C2H6O4S/c1-5-8-11-14(12-9-6-2)13(4)10-7-3;1-5-7(3,4)6-2/h13H,5-12H2,1-4H3;1-2H3. The van der Waals surface area contributed by atoms with Gasteiger partial charge in [0, 0.05) is 0 Å². The Morgan fingerprint density at radius 3 is 1.57 bits per heavy atom. The number of rotatable bonds is 11. The van der Waals surface area contributed by atoms with Gasteiger partial charge in [-0.25, -0.2) is 0 Å². The molecule has 0 aromatic heterocycles. The van der Waals surface area contributed by atoms with Gasteiger partial charge in [0.15, 0.2) is 0 Å². The molecule has 0 heterocycles. The molecular weight excluding hydrogens is 307 g/mol. The van der Waals surface area contributed by atoms with E-state index in [4.69, 9.17) is 0 Å². The molecule has 0 saturated heterocycles. The second-order valence-electron chi connectivity index (χ2n) is 5.12. The Labute approximate surface area is 134 Å².